The number of imidazole rings is 1. The standard InChI is InChI=1S/C27H29N9O3/c1-16-14-39-25-19(26-31-32-33-36(16)26)4-3-5-20(25)30-27(37)21-10-23(35-13-22(29-15-35)18-6-7-18)24(11-28-21)34-8-9-38-17(2)12-34/h3-5,10-11,13,15-18H,6-9,12,14H2,1-2H3,(H,30,37)/t16-,17+/m0/s1. The number of hydrogen-bond donors (Lipinski definition) is 1. The Morgan fingerprint density at radius 1 is 1.15 bits per heavy atom. The summed E-state index contributed by atoms with van der Waals surface area (Å²) in [6.45, 7) is 6.55. The lowest BCUT2D eigenvalue weighted by Crippen LogP contribution is -2.41. The molecule has 12 nitrogen and oxygen atoms in total. The highest BCUT2D eigenvalue weighted by Crippen LogP contribution is 2.40. The van der Waals surface area contributed by atoms with Crippen molar-refractivity contribution in [3.63, 3.8) is 0 Å². The Hall–Kier alpha value is -4.32. The van der Waals surface area contributed by atoms with E-state index in [9.17, 15) is 4.79 Å². The second-order valence-electron chi connectivity index (χ2n) is 10.4. The van der Waals surface area contributed by atoms with Crippen LogP contribution in [0.1, 0.15) is 54.8 Å². The number of morpholine rings is 1. The number of nitrogens with zero attached hydrogens (tertiary/aromatic N) is 8. The van der Waals surface area contributed by atoms with E-state index in [1.165, 1.54) is 12.8 Å². The van der Waals surface area contributed by atoms with Crippen molar-refractivity contribution in [3.8, 4) is 22.8 Å². The normalized spacial score (nSPS) is 20.5. The minimum Gasteiger partial charge on any atom is -0.488 e. The van der Waals surface area contributed by atoms with Gasteiger partial charge in [0.15, 0.2) is 11.6 Å². The van der Waals surface area contributed by atoms with Crippen LogP contribution < -0.4 is 15.0 Å². The Labute approximate surface area is 225 Å². The number of aromatic nitrogens is 7. The Balaban J connectivity index is 1.23. The van der Waals surface area contributed by atoms with Crippen molar-refractivity contribution in [3.05, 3.63) is 54.4 Å². The van der Waals surface area contributed by atoms with Gasteiger partial charge in [-0.15, -0.1) is 5.10 Å². The van der Waals surface area contributed by atoms with E-state index in [2.05, 4.69) is 48.8 Å². The van der Waals surface area contributed by atoms with E-state index in [4.69, 9.17) is 9.47 Å². The van der Waals surface area contributed by atoms with Crippen molar-refractivity contribution < 1.29 is 14.3 Å². The van der Waals surface area contributed by atoms with Crippen molar-refractivity contribution in [2.75, 3.05) is 36.5 Å². The summed E-state index contributed by atoms with van der Waals surface area (Å²) in [5.74, 6) is 1.32. The quantitative estimate of drug-likeness (QED) is 0.416. The van der Waals surface area contributed by atoms with Crippen LogP contribution >= 0.6 is 0 Å². The fourth-order valence-electron chi connectivity index (χ4n) is 5.20. The Kier molecular flexibility index (Phi) is 5.76. The number of tetrazole rings is 1. The van der Waals surface area contributed by atoms with Crippen LogP contribution in [0.25, 0.3) is 17.1 Å². The number of pyridine rings is 1. The first-order chi connectivity index (χ1) is 19.0. The smallest absolute Gasteiger partial charge is 0.274 e. The molecule has 1 amide bonds. The molecule has 5 heterocycles. The average Bonchev–Trinajstić information content (AvgIpc) is 3.50. The van der Waals surface area contributed by atoms with E-state index < -0.39 is 0 Å². The van der Waals surface area contributed by atoms with Gasteiger partial charge in [-0.2, -0.15) is 0 Å². The van der Waals surface area contributed by atoms with Gasteiger partial charge in [0.1, 0.15) is 12.3 Å². The predicted molar refractivity (Wildman–Crippen MR) is 142 cm³/mol. The van der Waals surface area contributed by atoms with Crippen LogP contribution in [0.3, 0.4) is 0 Å². The molecular formula is C27H29N9O3. The van der Waals surface area contributed by atoms with E-state index in [0.29, 0.717) is 42.1 Å². The third-order valence-electron chi connectivity index (χ3n) is 7.44. The third kappa shape index (κ3) is 4.40. The fourth-order valence-corrected chi connectivity index (χ4v) is 5.20. The van der Waals surface area contributed by atoms with Crippen molar-refractivity contribution >= 4 is 17.3 Å². The molecule has 39 heavy (non-hydrogen) atoms. The molecule has 0 bridgehead atoms. The van der Waals surface area contributed by atoms with Crippen LogP contribution in [0.15, 0.2) is 43.0 Å². The van der Waals surface area contributed by atoms with E-state index in [1.807, 2.05) is 42.1 Å². The Morgan fingerprint density at radius 2 is 2.05 bits per heavy atom. The molecule has 2 aliphatic heterocycles. The van der Waals surface area contributed by atoms with Gasteiger partial charge in [-0.25, -0.2) is 14.6 Å². The summed E-state index contributed by atoms with van der Waals surface area (Å²) in [6, 6.07) is 7.31. The highest BCUT2D eigenvalue weighted by Gasteiger charge is 2.28. The van der Waals surface area contributed by atoms with Gasteiger partial charge in [-0.05, 0) is 55.3 Å². The molecule has 1 saturated carbocycles. The van der Waals surface area contributed by atoms with Gasteiger partial charge in [0.2, 0.25) is 0 Å². The first-order valence-electron chi connectivity index (χ1n) is 13.3. The number of anilines is 2. The maximum absolute atomic E-state index is 13.6. The molecule has 3 aromatic heterocycles. The second-order valence-corrected chi connectivity index (χ2v) is 10.4. The summed E-state index contributed by atoms with van der Waals surface area (Å²) in [7, 11) is 0. The van der Waals surface area contributed by atoms with Gasteiger partial charge in [-0.3, -0.25) is 4.79 Å². The highest BCUT2D eigenvalue weighted by molar-refractivity contribution is 6.05. The van der Waals surface area contributed by atoms with Gasteiger partial charge < -0.3 is 24.3 Å². The number of para-hydroxylation sites is 1. The van der Waals surface area contributed by atoms with Crippen LogP contribution in [0.5, 0.6) is 5.75 Å². The lowest BCUT2D eigenvalue weighted by atomic mass is 10.1. The van der Waals surface area contributed by atoms with E-state index in [1.54, 1.807) is 10.9 Å². The minimum absolute atomic E-state index is 0.0543. The summed E-state index contributed by atoms with van der Waals surface area (Å²) in [5, 5.41) is 15.1. The number of benzene rings is 1. The SMILES string of the molecule is C[C@@H]1CN(c2cnc(C(=O)Nc3cccc4c3OC[C@H](C)n3nnnc3-4)cc2-n2cnc(C3CC3)c2)CCO1. The number of carbonyl (C=O) groups is 1. The molecule has 1 N–H and O–H groups in total. The van der Waals surface area contributed by atoms with Gasteiger partial charge in [0.25, 0.3) is 5.91 Å². The number of fused-ring (bicyclic) bond motifs is 3. The molecule has 0 radical (unpaired) electrons. The summed E-state index contributed by atoms with van der Waals surface area (Å²) in [5.41, 5.74) is 4.44. The molecule has 1 aromatic carbocycles. The zero-order valence-electron chi connectivity index (χ0n) is 21.8. The van der Waals surface area contributed by atoms with Crippen molar-refractivity contribution in [1.82, 2.24) is 34.7 Å². The van der Waals surface area contributed by atoms with Crippen LogP contribution in [0, 0.1) is 0 Å². The molecule has 2 atom stereocenters. The fraction of sp³-hybridized carbons (Fsp3) is 0.407. The van der Waals surface area contributed by atoms with Gasteiger partial charge in [-0.1, -0.05) is 6.07 Å². The molecule has 2 fully saturated rings. The van der Waals surface area contributed by atoms with Gasteiger partial charge >= 0.3 is 0 Å². The molecule has 0 unspecified atom stereocenters. The lowest BCUT2D eigenvalue weighted by Gasteiger charge is -2.34. The summed E-state index contributed by atoms with van der Waals surface area (Å²) in [4.78, 5) is 25.0. The number of nitrogens with one attached hydrogen (secondary N) is 1. The van der Waals surface area contributed by atoms with Crippen LogP contribution in [0.2, 0.25) is 0 Å². The van der Waals surface area contributed by atoms with Crippen molar-refractivity contribution in [2.24, 2.45) is 0 Å². The molecule has 1 saturated heterocycles. The van der Waals surface area contributed by atoms with Crippen molar-refractivity contribution in [1.29, 1.82) is 0 Å². The zero-order valence-corrected chi connectivity index (χ0v) is 21.8. The Bertz CT molecular complexity index is 1540. The first-order valence-corrected chi connectivity index (χ1v) is 13.3. The summed E-state index contributed by atoms with van der Waals surface area (Å²) >= 11 is 0. The number of amides is 1. The second kappa shape index (κ2) is 9.45. The minimum atomic E-state index is -0.338. The van der Waals surface area contributed by atoms with E-state index in [0.717, 1.165) is 35.7 Å². The van der Waals surface area contributed by atoms with Gasteiger partial charge in [0, 0.05) is 25.2 Å². The monoisotopic (exact) mass is 527 g/mol. The number of hydrogen-bond acceptors (Lipinski definition) is 9. The molecule has 12 heteroatoms. The molecular weight excluding hydrogens is 498 g/mol. The number of carbonyl (C=O) groups excluding carboxylic acids is 1. The van der Waals surface area contributed by atoms with Gasteiger partial charge in [0.05, 0.1) is 59.6 Å². The average molecular weight is 528 g/mol. The Morgan fingerprint density at radius 3 is 2.90 bits per heavy atom. The molecule has 3 aliphatic rings. The predicted octanol–water partition coefficient (Wildman–Crippen LogP) is 3.23. The van der Waals surface area contributed by atoms with E-state index in [-0.39, 0.29) is 18.1 Å². The third-order valence-corrected chi connectivity index (χ3v) is 7.44. The molecule has 0 spiro atoms. The first kappa shape index (κ1) is 23.8. The van der Waals surface area contributed by atoms with Crippen LogP contribution in [-0.2, 0) is 4.74 Å². The highest BCUT2D eigenvalue weighted by atomic mass is 16.5. The molecule has 1 aliphatic carbocycles. The summed E-state index contributed by atoms with van der Waals surface area (Å²) < 4.78 is 15.6. The molecule has 7 rings (SSSR count). The van der Waals surface area contributed by atoms with E-state index >= 15 is 0 Å². The maximum atomic E-state index is 13.6. The largest absolute Gasteiger partial charge is 0.488 e. The maximum Gasteiger partial charge on any atom is 0.274 e. The molecule has 200 valence electrons. The lowest BCUT2D eigenvalue weighted by molar-refractivity contribution is 0.0532. The van der Waals surface area contributed by atoms with Crippen LogP contribution in [-0.4, -0.2) is 73.1 Å². The molecule has 4 aromatic rings. The number of ether oxygens (including phenoxy) is 2. The number of rotatable bonds is 5. The summed E-state index contributed by atoms with van der Waals surface area (Å²) in [6.07, 6.45) is 8.12. The van der Waals surface area contributed by atoms with Crippen LogP contribution in [0.4, 0.5) is 11.4 Å². The van der Waals surface area contributed by atoms with Crippen molar-refractivity contribution in [2.45, 2.75) is 44.8 Å². The zero-order chi connectivity index (χ0) is 26.5. The topological polar surface area (TPSA) is 125 Å².